The lowest BCUT2D eigenvalue weighted by Crippen LogP contribution is -2.27. The van der Waals surface area contributed by atoms with E-state index in [0.29, 0.717) is 13.0 Å². The second-order valence-electron chi connectivity index (χ2n) is 5.62. The Labute approximate surface area is 143 Å². The third kappa shape index (κ3) is 6.95. The lowest BCUT2D eigenvalue weighted by atomic mass is 10.1. The molecule has 0 bridgehead atoms. The van der Waals surface area contributed by atoms with Crippen LogP contribution in [0.5, 0.6) is 0 Å². The van der Waals surface area contributed by atoms with Crippen molar-refractivity contribution in [2.75, 3.05) is 12.3 Å². The molecule has 0 saturated carbocycles. The SMILES string of the molecule is CCCCSc1ccc(CCC(=O)NCCn2cccc2)cc1. The van der Waals surface area contributed by atoms with Crippen molar-refractivity contribution in [2.45, 2.75) is 44.0 Å². The summed E-state index contributed by atoms with van der Waals surface area (Å²) in [6.07, 6.45) is 7.86. The fourth-order valence-electron chi connectivity index (χ4n) is 2.28. The Balaban J connectivity index is 1.63. The first-order valence-corrected chi connectivity index (χ1v) is 9.35. The summed E-state index contributed by atoms with van der Waals surface area (Å²) >= 11 is 1.91. The molecule has 1 amide bonds. The first kappa shape index (κ1) is 17.7. The number of carbonyl (C=O) groups is 1. The van der Waals surface area contributed by atoms with Crippen LogP contribution in [0.15, 0.2) is 53.7 Å². The van der Waals surface area contributed by atoms with Crippen LogP contribution < -0.4 is 5.32 Å². The summed E-state index contributed by atoms with van der Waals surface area (Å²) in [5.41, 5.74) is 1.23. The van der Waals surface area contributed by atoms with Gasteiger partial charge in [0.2, 0.25) is 5.91 Å². The van der Waals surface area contributed by atoms with Crippen molar-refractivity contribution >= 4 is 17.7 Å². The average Bonchev–Trinajstić information content (AvgIpc) is 3.08. The second-order valence-corrected chi connectivity index (χ2v) is 6.79. The fraction of sp³-hybridized carbons (Fsp3) is 0.421. The number of aryl methyl sites for hydroxylation is 1. The average molecular weight is 330 g/mol. The summed E-state index contributed by atoms with van der Waals surface area (Å²) < 4.78 is 2.06. The molecule has 23 heavy (non-hydrogen) atoms. The highest BCUT2D eigenvalue weighted by molar-refractivity contribution is 7.99. The molecule has 1 heterocycles. The number of hydrogen-bond donors (Lipinski definition) is 1. The number of amides is 1. The minimum absolute atomic E-state index is 0.124. The number of benzene rings is 1. The van der Waals surface area contributed by atoms with Gasteiger partial charge in [-0.05, 0) is 48.4 Å². The Morgan fingerprint density at radius 3 is 2.61 bits per heavy atom. The van der Waals surface area contributed by atoms with Gasteiger partial charge in [-0.25, -0.2) is 0 Å². The molecular formula is C19H26N2OS. The highest BCUT2D eigenvalue weighted by atomic mass is 32.2. The quantitative estimate of drug-likeness (QED) is 0.525. The maximum atomic E-state index is 11.9. The largest absolute Gasteiger partial charge is 0.354 e. The fourth-order valence-corrected chi connectivity index (χ4v) is 3.27. The molecule has 0 fully saturated rings. The number of nitrogens with one attached hydrogen (secondary N) is 1. The molecule has 4 heteroatoms. The van der Waals surface area contributed by atoms with Crippen LogP contribution in [0.4, 0.5) is 0 Å². The van der Waals surface area contributed by atoms with E-state index in [9.17, 15) is 4.79 Å². The molecule has 1 aromatic carbocycles. The van der Waals surface area contributed by atoms with Crippen LogP contribution >= 0.6 is 11.8 Å². The molecule has 3 nitrogen and oxygen atoms in total. The first-order valence-electron chi connectivity index (χ1n) is 8.37. The summed E-state index contributed by atoms with van der Waals surface area (Å²) in [6, 6.07) is 12.6. The topological polar surface area (TPSA) is 34.0 Å². The first-order chi connectivity index (χ1) is 11.3. The van der Waals surface area contributed by atoms with Gasteiger partial charge < -0.3 is 9.88 Å². The third-order valence-electron chi connectivity index (χ3n) is 3.69. The van der Waals surface area contributed by atoms with Crippen molar-refractivity contribution in [1.82, 2.24) is 9.88 Å². The summed E-state index contributed by atoms with van der Waals surface area (Å²) in [5, 5.41) is 2.97. The predicted molar refractivity (Wildman–Crippen MR) is 97.8 cm³/mol. The number of unbranched alkanes of at least 4 members (excludes halogenated alkanes) is 1. The molecular weight excluding hydrogens is 304 g/mol. The van der Waals surface area contributed by atoms with Gasteiger partial charge in [0.1, 0.15) is 0 Å². The molecule has 0 atom stereocenters. The molecule has 0 saturated heterocycles. The Morgan fingerprint density at radius 1 is 1.17 bits per heavy atom. The molecule has 0 unspecified atom stereocenters. The maximum Gasteiger partial charge on any atom is 0.220 e. The molecule has 1 N–H and O–H groups in total. The van der Waals surface area contributed by atoms with E-state index in [-0.39, 0.29) is 5.91 Å². The highest BCUT2D eigenvalue weighted by Gasteiger charge is 2.02. The monoisotopic (exact) mass is 330 g/mol. The molecule has 1 aromatic heterocycles. The highest BCUT2D eigenvalue weighted by Crippen LogP contribution is 2.20. The zero-order valence-electron chi connectivity index (χ0n) is 13.8. The molecule has 2 rings (SSSR count). The van der Waals surface area contributed by atoms with Crippen LogP contribution in [0.2, 0.25) is 0 Å². The zero-order valence-corrected chi connectivity index (χ0v) is 14.6. The molecule has 0 aliphatic carbocycles. The van der Waals surface area contributed by atoms with Gasteiger partial charge in [-0.3, -0.25) is 4.79 Å². The number of carbonyl (C=O) groups excluding carboxylic acids is 1. The van der Waals surface area contributed by atoms with E-state index in [2.05, 4.69) is 41.1 Å². The van der Waals surface area contributed by atoms with Crippen molar-refractivity contribution in [3.63, 3.8) is 0 Å². The minimum Gasteiger partial charge on any atom is -0.354 e. The van der Waals surface area contributed by atoms with E-state index in [1.54, 1.807) is 0 Å². The minimum atomic E-state index is 0.124. The van der Waals surface area contributed by atoms with Crippen molar-refractivity contribution in [3.05, 3.63) is 54.4 Å². The van der Waals surface area contributed by atoms with Crippen molar-refractivity contribution < 1.29 is 4.79 Å². The van der Waals surface area contributed by atoms with Gasteiger partial charge >= 0.3 is 0 Å². The summed E-state index contributed by atoms with van der Waals surface area (Å²) in [7, 11) is 0. The lowest BCUT2D eigenvalue weighted by Gasteiger charge is -2.07. The summed E-state index contributed by atoms with van der Waals surface area (Å²) in [4.78, 5) is 13.2. The Kier molecular flexibility index (Phi) is 7.81. The summed E-state index contributed by atoms with van der Waals surface area (Å²) in [5.74, 6) is 1.30. The molecule has 124 valence electrons. The van der Waals surface area contributed by atoms with Crippen molar-refractivity contribution in [1.29, 1.82) is 0 Å². The van der Waals surface area contributed by atoms with E-state index >= 15 is 0 Å². The van der Waals surface area contributed by atoms with Crippen LogP contribution in [0.25, 0.3) is 0 Å². The van der Waals surface area contributed by atoms with Crippen LogP contribution in [0.3, 0.4) is 0 Å². The van der Waals surface area contributed by atoms with E-state index in [0.717, 1.165) is 13.0 Å². The normalized spacial score (nSPS) is 10.7. The summed E-state index contributed by atoms with van der Waals surface area (Å²) in [6.45, 7) is 3.72. The number of aromatic nitrogens is 1. The number of thioether (sulfide) groups is 1. The van der Waals surface area contributed by atoms with Gasteiger partial charge in [0.25, 0.3) is 0 Å². The number of nitrogens with zero attached hydrogens (tertiary/aromatic N) is 1. The zero-order chi connectivity index (χ0) is 16.3. The lowest BCUT2D eigenvalue weighted by molar-refractivity contribution is -0.121. The molecule has 0 aliphatic heterocycles. The molecule has 0 aliphatic rings. The van der Waals surface area contributed by atoms with Crippen LogP contribution in [0.1, 0.15) is 31.7 Å². The van der Waals surface area contributed by atoms with Crippen molar-refractivity contribution in [2.24, 2.45) is 0 Å². The van der Waals surface area contributed by atoms with E-state index in [1.807, 2.05) is 36.3 Å². The Bertz CT molecular complexity index is 564. The van der Waals surface area contributed by atoms with Crippen LogP contribution in [0, 0.1) is 0 Å². The Hall–Kier alpha value is -1.68. The van der Waals surface area contributed by atoms with Crippen molar-refractivity contribution in [3.8, 4) is 0 Å². The van der Waals surface area contributed by atoms with Gasteiger partial charge in [-0.1, -0.05) is 25.5 Å². The number of hydrogen-bond acceptors (Lipinski definition) is 2. The van der Waals surface area contributed by atoms with Gasteiger partial charge in [0.15, 0.2) is 0 Å². The van der Waals surface area contributed by atoms with E-state index in [4.69, 9.17) is 0 Å². The Morgan fingerprint density at radius 2 is 1.91 bits per heavy atom. The molecule has 0 radical (unpaired) electrons. The van der Waals surface area contributed by atoms with E-state index in [1.165, 1.54) is 29.1 Å². The predicted octanol–water partition coefficient (Wildman–Crippen LogP) is 4.13. The third-order valence-corrected chi connectivity index (χ3v) is 4.79. The molecule has 0 spiro atoms. The number of rotatable bonds is 10. The van der Waals surface area contributed by atoms with Crippen LogP contribution in [-0.2, 0) is 17.8 Å². The maximum absolute atomic E-state index is 11.9. The van der Waals surface area contributed by atoms with Gasteiger partial charge in [0, 0.05) is 36.8 Å². The smallest absolute Gasteiger partial charge is 0.220 e. The van der Waals surface area contributed by atoms with Crippen LogP contribution in [-0.4, -0.2) is 22.8 Å². The van der Waals surface area contributed by atoms with E-state index < -0.39 is 0 Å². The van der Waals surface area contributed by atoms with Gasteiger partial charge in [0.05, 0.1) is 0 Å². The second kappa shape index (κ2) is 10.2. The van der Waals surface area contributed by atoms with Gasteiger partial charge in [-0.2, -0.15) is 0 Å². The standard InChI is InChI=1S/C19H26N2OS/c1-2-3-16-23-18-9-6-17(7-10-18)8-11-19(22)20-12-15-21-13-4-5-14-21/h4-7,9-10,13-14H,2-3,8,11-12,15-16H2,1H3,(H,20,22). The van der Waals surface area contributed by atoms with Gasteiger partial charge in [-0.15, -0.1) is 11.8 Å². The molecule has 2 aromatic rings.